The first kappa shape index (κ1) is 29.6. The molecule has 0 atom stereocenters. The van der Waals surface area contributed by atoms with Gasteiger partial charge in [0.25, 0.3) is 0 Å². The fourth-order valence-corrected chi connectivity index (χ4v) is 5.26. The van der Waals surface area contributed by atoms with Gasteiger partial charge in [-0.3, -0.25) is 4.79 Å². The first-order chi connectivity index (χ1) is 17.5. The quantitative estimate of drug-likeness (QED) is 0.161. The van der Waals surface area contributed by atoms with Crippen molar-refractivity contribution >= 4 is 12.1 Å². The van der Waals surface area contributed by atoms with E-state index in [9.17, 15) is 15.0 Å². The molecule has 0 aliphatic heterocycles. The minimum atomic E-state index is -0.108. The second-order valence-corrected chi connectivity index (χ2v) is 10.1. The minimum Gasteiger partial charge on any atom is -0.508 e. The molecule has 0 unspecified atom stereocenters. The normalized spacial score (nSPS) is 11.8. The van der Waals surface area contributed by atoms with Crippen LogP contribution < -0.4 is 0 Å². The van der Waals surface area contributed by atoms with Gasteiger partial charge in [-0.2, -0.15) is 0 Å². The molecular weight excluding hydrogens is 446 g/mol. The van der Waals surface area contributed by atoms with Crippen LogP contribution in [0.4, 0.5) is 0 Å². The number of phenols is 2. The van der Waals surface area contributed by atoms with Gasteiger partial charge in [-0.15, -0.1) is 0 Å². The number of aromatic hydroxyl groups is 2. The summed E-state index contributed by atoms with van der Waals surface area (Å²) >= 11 is 0. The van der Waals surface area contributed by atoms with E-state index in [1.54, 1.807) is 37.4 Å². The Morgan fingerprint density at radius 3 is 1.56 bits per heavy atom. The van der Waals surface area contributed by atoms with Gasteiger partial charge in [0.15, 0.2) is 0 Å². The SMILES string of the molecule is CC=NC(=O)CCCCCCCCCCC(CCCCCC)(c1ccc(O)cc1)c1ccc(O)cc1. The van der Waals surface area contributed by atoms with Crippen LogP contribution in [0.5, 0.6) is 11.5 Å². The van der Waals surface area contributed by atoms with Crippen LogP contribution in [-0.4, -0.2) is 22.3 Å². The molecule has 0 fully saturated rings. The zero-order valence-corrected chi connectivity index (χ0v) is 22.6. The average molecular weight is 494 g/mol. The molecule has 4 nitrogen and oxygen atoms in total. The Morgan fingerprint density at radius 1 is 0.694 bits per heavy atom. The highest BCUT2D eigenvalue weighted by molar-refractivity contribution is 5.84. The summed E-state index contributed by atoms with van der Waals surface area (Å²) < 4.78 is 0. The summed E-state index contributed by atoms with van der Waals surface area (Å²) in [6.07, 6.45) is 18.4. The first-order valence-electron chi connectivity index (χ1n) is 14.1. The summed E-state index contributed by atoms with van der Waals surface area (Å²) in [7, 11) is 0. The van der Waals surface area contributed by atoms with Crippen molar-refractivity contribution in [2.45, 2.75) is 116 Å². The summed E-state index contributed by atoms with van der Waals surface area (Å²) in [6.45, 7) is 4.03. The molecule has 0 aliphatic carbocycles. The predicted molar refractivity (Wildman–Crippen MR) is 151 cm³/mol. The number of hydrogen-bond acceptors (Lipinski definition) is 3. The van der Waals surface area contributed by atoms with Gasteiger partial charge in [-0.1, -0.05) is 102 Å². The molecule has 0 saturated heterocycles. The van der Waals surface area contributed by atoms with E-state index in [0.717, 1.165) is 32.1 Å². The molecule has 0 bridgehead atoms. The van der Waals surface area contributed by atoms with E-state index in [0.29, 0.717) is 17.9 Å². The number of nitrogens with zero attached hydrogens (tertiary/aromatic N) is 1. The van der Waals surface area contributed by atoms with Crippen LogP contribution in [-0.2, 0) is 10.2 Å². The minimum absolute atomic E-state index is 0.00191. The van der Waals surface area contributed by atoms with Crippen molar-refractivity contribution in [3.63, 3.8) is 0 Å². The number of carbonyl (C=O) groups excluding carboxylic acids is 1. The first-order valence-corrected chi connectivity index (χ1v) is 14.1. The summed E-state index contributed by atoms with van der Waals surface area (Å²) in [5, 5.41) is 19.8. The lowest BCUT2D eigenvalue weighted by Crippen LogP contribution is -2.28. The third kappa shape index (κ3) is 10.2. The zero-order valence-electron chi connectivity index (χ0n) is 22.6. The Kier molecular flexibility index (Phi) is 13.9. The molecule has 0 spiro atoms. The molecule has 2 rings (SSSR count). The Hall–Kier alpha value is -2.62. The van der Waals surface area contributed by atoms with Crippen molar-refractivity contribution in [2.24, 2.45) is 4.99 Å². The van der Waals surface area contributed by atoms with Gasteiger partial charge in [0.05, 0.1) is 0 Å². The highest BCUT2D eigenvalue weighted by atomic mass is 16.3. The Bertz CT molecular complexity index is 841. The van der Waals surface area contributed by atoms with E-state index in [2.05, 4.69) is 36.2 Å². The lowest BCUT2D eigenvalue weighted by atomic mass is 9.68. The molecule has 0 radical (unpaired) electrons. The lowest BCUT2D eigenvalue weighted by molar-refractivity contribution is -0.117. The third-order valence-corrected chi connectivity index (χ3v) is 7.31. The monoisotopic (exact) mass is 493 g/mol. The fraction of sp³-hybridized carbons (Fsp3) is 0.562. The molecule has 36 heavy (non-hydrogen) atoms. The number of hydrogen-bond donors (Lipinski definition) is 2. The molecule has 2 aromatic rings. The Morgan fingerprint density at radius 2 is 1.11 bits per heavy atom. The van der Waals surface area contributed by atoms with Crippen molar-refractivity contribution in [3.8, 4) is 11.5 Å². The van der Waals surface area contributed by atoms with Gasteiger partial charge in [0.2, 0.25) is 5.91 Å². The summed E-state index contributed by atoms with van der Waals surface area (Å²) in [6, 6.07) is 15.5. The standard InChI is InChI=1S/C32H47NO3/c1-3-5-6-14-25-32(27-17-21-29(34)22-18-27,28-19-23-30(35)24-20-28)26-15-12-10-8-7-9-11-13-16-31(36)33-4-2/h4,17-24,34-35H,3,5-16,25-26H2,1-2H3. The molecule has 2 aromatic carbocycles. The maximum absolute atomic E-state index is 11.4. The van der Waals surface area contributed by atoms with E-state index in [1.165, 1.54) is 68.9 Å². The van der Waals surface area contributed by atoms with Crippen molar-refractivity contribution in [1.29, 1.82) is 0 Å². The maximum Gasteiger partial charge on any atom is 0.245 e. The fourth-order valence-electron chi connectivity index (χ4n) is 5.26. The third-order valence-electron chi connectivity index (χ3n) is 7.31. The van der Waals surface area contributed by atoms with Crippen molar-refractivity contribution < 1.29 is 15.0 Å². The topological polar surface area (TPSA) is 69.9 Å². The van der Waals surface area contributed by atoms with Crippen molar-refractivity contribution in [2.75, 3.05) is 0 Å². The number of carbonyl (C=O) groups is 1. The van der Waals surface area contributed by atoms with Crippen molar-refractivity contribution in [3.05, 3.63) is 59.7 Å². The Labute approximate surface area is 218 Å². The van der Waals surface area contributed by atoms with Gasteiger partial charge in [-0.05, 0) is 61.6 Å². The summed E-state index contributed by atoms with van der Waals surface area (Å²) in [5.74, 6) is 0.594. The molecule has 4 heteroatoms. The number of aliphatic imine (C=N–C) groups is 1. The van der Waals surface area contributed by atoms with Crippen LogP contribution in [0.25, 0.3) is 0 Å². The second-order valence-electron chi connectivity index (χ2n) is 10.1. The van der Waals surface area contributed by atoms with Crippen LogP contribution >= 0.6 is 0 Å². The van der Waals surface area contributed by atoms with E-state index < -0.39 is 0 Å². The van der Waals surface area contributed by atoms with Crippen LogP contribution in [0, 0.1) is 0 Å². The molecular formula is C32H47NO3. The van der Waals surface area contributed by atoms with Crippen LogP contribution in [0.1, 0.15) is 121 Å². The number of amides is 1. The van der Waals surface area contributed by atoms with E-state index >= 15 is 0 Å². The van der Waals surface area contributed by atoms with Crippen LogP contribution in [0.3, 0.4) is 0 Å². The summed E-state index contributed by atoms with van der Waals surface area (Å²) in [4.78, 5) is 15.2. The molecule has 0 aliphatic rings. The zero-order chi connectivity index (χ0) is 26.1. The molecule has 1 amide bonds. The number of phenolic OH excluding ortho intramolecular Hbond substituents is 2. The van der Waals surface area contributed by atoms with Gasteiger partial charge < -0.3 is 10.2 Å². The smallest absolute Gasteiger partial charge is 0.245 e. The predicted octanol–water partition coefficient (Wildman–Crippen LogP) is 8.87. The van der Waals surface area contributed by atoms with Gasteiger partial charge in [0.1, 0.15) is 11.5 Å². The number of benzene rings is 2. The molecule has 198 valence electrons. The number of rotatable bonds is 18. The largest absolute Gasteiger partial charge is 0.508 e. The van der Waals surface area contributed by atoms with Crippen LogP contribution in [0.2, 0.25) is 0 Å². The van der Waals surface area contributed by atoms with E-state index in [1.807, 2.05) is 0 Å². The van der Waals surface area contributed by atoms with Gasteiger partial charge >= 0.3 is 0 Å². The highest BCUT2D eigenvalue weighted by Crippen LogP contribution is 2.43. The second kappa shape index (κ2) is 16.9. The van der Waals surface area contributed by atoms with Crippen molar-refractivity contribution in [1.82, 2.24) is 0 Å². The Balaban J connectivity index is 1.95. The molecule has 2 N–H and O–H groups in total. The maximum atomic E-state index is 11.4. The lowest BCUT2D eigenvalue weighted by Gasteiger charge is -2.36. The van der Waals surface area contributed by atoms with Crippen LogP contribution in [0.15, 0.2) is 53.5 Å². The molecule has 0 saturated carbocycles. The van der Waals surface area contributed by atoms with E-state index in [4.69, 9.17) is 0 Å². The average Bonchev–Trinajstić information content (AvgIpc) is 2.88. The number of unbranched alkanes of at least 4 members (excludes halogenated alkanes) is 10. The molecule has 0 aromatic heterocycles. The molecule has 0 heterocycles. The van der Waals surface area contributed by atoms with Gasteiger partial charge in [-0.25, -0.2) is 4.99 Å². The highest BCUT2D eigenvalue weighted by Gasteiger charge is 2.33. The van der Waals surface area contributed by atoms with E-state index in [-0.39, 0.29) is 11.3 Å². The van der Waals surface area contributed by atoms with Gasteiger partial charge in [0, 0.05) is 18.1 Å². The summed E-state index contributed by atoms with van der Waals surface area (Å²) in [5.41, 5.74) is 2.40.